The van der Waals surface area contributed by atoms with Crippen LogP contribution in [0.5, 0.6) is 5.75 Å². The van der Waals surface area contributed by atoms with Crippen LogP contribution < -0.4 is 14.5 Å². The predicted molar refractivity (Wildman–Crippen MR) is 121 cm³/mol. The fraction of sp³-hybridized carbons (Fsp3) is 0.154. The van der Waals surface area contributed by atoms with E-state index in [-0.39, 0.29) is 11.8 Å². The van der Waals surface area contributed by atoms with Gasteiger partial charge in [-0.05, 0) is 42.7 Å². The summed E-state index contributed by atoms with van der Waals surface area (Å²) in [4.78, 5) is 30.8. The molecule has 3 aromatic carbocycles. The Bertz CT molecular complexity index is 1200. The molecule has 0 saturated carbocycles. The molecule has 0 bridgehead atoms. The summed E-state index contributed by atoms with van der Waals surface area (Å²) in [6.45, 7) is 0.673. The highest BCUT2D eigenvalue weighted by Crippen LogP contribution is 2.41. The Morgan fingerprint density at radius 2 is 1.52 bits per heavy atom. The molecule has 0 unspecified atom stereocenters. The van der Waals surface area contributed by atoms with Gasteiger partial charge in [-0.25, -0.2) is 4.90 Å². The third-order valence-corrected chi connectivity index (χ3v) is 5.83. The number of rotatable bonds is 4. The number of aryl methyl sites for hydroxylation is 1. The van der Waals surface area contributed by atoms with Crippen LogP contribution in [-0.4, -0.2) is 25.5 Å². The molecule has 2 amide bonds. The Labute approximate surface area is 181 Å². The average molecular weight is 410 g/mol. The zero-order valence-corrected chi connectivity index (χ0v) is 17.2. The molecule has 0 N–H and O–H groups in total. The van der Waals surface area contributed by atoms with Gasteiger partial charge in [-0.2, -0.15) is 0 Å². The molecule has 0 fully saturated rings. The molecule has 0 aliphatic carbocycles. The fourth-order valence-corrected chi connectivity index (χ4v) is 4.44. The SMILES string of the molecule is COc1ccccc1C1=C(N2CCCc3ccccc32)C(=O)N(c2ccccc2)C1=O. The van der Waals surface area contributed by atoms with E-state index in [1.165, 1.54) is 10.5 Å². The van der Waals surface area contributed by atoms with E-state index in [1.807, 2.05) is 65.6 Å². The van der Waals surface area contributed by atoms with Crippen LogP contribution in [0.3, 0.4) is 0 Å². The number of fused-ring (bicyclic) bond motifs is 1. The van der Waals surface area contributed by atoms with E-state index in [1.54, 1.807) is 19.2 Å². The molecule has 31 heavy (non-hydrogen) atoms. The molecule has 5 heteroatoms. The van der Waals surface area contributed by atoms with Crippen molar-refractivity contribution in [2.75, 3.05) is 23.5 Å². The van der Waals surface area contributed by atoms with E-state index >= 15 is 0 Å². The number of carbonyl (C=O) groups excluding carboxylic acids is 2. The number of ether oxygens (including phenoxy) is 1. The van der Waals surface area contributed by atoms with Gasteiger partial charge >= 0.3 is 0 Å². The third kappa shape index (κ3) is 3.10. The van der Waals surface area contributed by atoms with Gasteiger partial charge in [0.15, 0.2) is 0 Å². The first-order chi connectivity index (χ1) is 15.2. The van der Waals surface area contributed by atoms with Crippen LogP contribution >= 0.6 is 0 Å². The van der Waals surface area contributed by atoms with Crippen LogP contribution in [0.1, 0.15) is 17.5 Å². The van der Waals surface area contributed by atoms with Gasteiger partial charge in [-0.1, -0.05) is 54.6 Å². The fourth-order valence-electron chi connectivity index (χ4n) is 4.44. The Balaban J connectivity index is 1.74. The van der Waals surface area contributed by atoms with Gasteiger partial charge in [0.1, 0.15) is 11.4 Å². The number of methoxy groups -OCH3 is 1. The maximum atomic E-state index is 13.8. The van der Waals surface area contributed by atoms with Gasteiger partial charge in [0.25, 0.3) is 11.8 Å². The number of hydrogen-bond acceptors (Lipinski definition) is 4. The number of para-hydroxylation sites is 3. The van der Waals surface area contributed by atoms with E-state index < -0.39 is 0 Å². The molecule has 0 atom stereocenters. The standard InChI is InChI=1S/C26H22N2O3/c1-31-22-16-8-6-14-20(22)23-24(27-17-9-11-18-10-5-7-15-21(18)27)26(30)28(25(23)29)19-12-3-2-4-13-19/h2-8,10,12-16H,9,11,17H2,1H3. The summed E-state index contributed by atoms with van der Waals surface area (Å²) in [5.41, 5.74) is 4.13. The van der Waals surface area contributed by atoms with E-state index in [0.717, 1.165) is 18.5 Å². The van der Waals surface area contributed by atoms with E-state index in [2.05, 4.69) is 6.07 Å². The van der Waals surface area contributed by atoms with Gasteiger partial charge in [0, 0.05) is 17.8 Å². The van der Waals surface area contributed by atoms with Crippen LogP contribution in [0.2, 0.25) is 0 Å². The number of amides is 2. The molecule has 0 radical (unpaired) electrons. The maximum Gasteiger partial charge on any atom is 0.282 e. The first-order valence-corrected chi connectivity index (χ1v) is 10.4. The maximum absolute atomic E-state index is 13.8. The van der Waals surface area contributed by atoms with Gasteiger partial charge in [0.05, 0.1) is 18.4 Å². The van der Waals surface area contributed by atoms with E-state index in [0.29, 0.717) is 34.8 Å². The van der Waals surface area contributed by atoms with Gasteiger partial charge < -0.3 is 9.64 Å². The normalized spacial score (nSPS) is 16.0. The summed E-state index contributed by atoms with van der Waals surface area (Å²) in [5, 5.41) is 0. The lowest BCUT2D eigenvalue weighted by Crippen LogP contribution is -2.37. The topological polar surface area (TPSA) is 49.9 Å². The molecule has 2 heterocycles. The van der Waals surface area contributed by atoms with Crippen molar-refractivity contribution in [3.05, 3.63) is 95.7 Å². The molecular weight excluding hydrogens is 388 g/mol. The highest BCUT2D eigenvalue weighted by molar-refractivity contribution is 6.46. The Morgan fingerprint density at radius 3 is 2.32 bits per heavy atom. The van der Waals surface area contributed by atoms with Crippen LogP contribution in [0.15, 0.2) is 84.6 Å². The van der Waals surface area contributed by atoms with Gasteiger partial charge in [-0.15, -0.1) is 0 Å². The molecule has 5 rings (SSSR count). The van der Waals surface area contributed by atoms with Crippen molar-refractivity contribution in [1.29, 1.82) is 0 Å². The van der Waals surface area contributed by atoms with Crippen molar-refractivity contribution in [2.24, 2.45) is 0 Å². The number of benzene rings is 3. The van der Waals surface area contributed by atoms with Gasteiger partial charge in [-0.3, -0.25) is 9.59 Å². The van der Waals surface area contributed by atoms with Crippen molar-refractivity contribution in [3.63, 3.8) is 0 Å². The molecule has 3 aromatic rings. The molecule has 0 spiro atoms. The highest BCUT2D eigenvalue weighted by Gasteiger charge is 2.44. The van der Waals surface area contributed by atoms with Crippen LogP contribution in [0.4, 0.5) is 11.4 Å². The van der Waals surface area contributed by atoms with Crippen molar-refractivity contribution in [1.82, 2.24) is 0 Å². The molecule has 2 aliphatic heterocycles. The zero-order valence-electron chi connectivity index (χ0n) is 17.2. The summed E-state index contributed by atoms with van der Waals surface area (Å²) >= 11 is 0. The smallest absolute Gasteiger partial charge is 0.282 e. The number of anilines is 2. The molecule has 2 aliphatic rings. The molecule has 5 nitrogen and oxygen atoms in total. The molecule has 154 valence electrons. The minimum Gasteiger partial charge on any atom is -0.496 e. The molecular formula is C26H22N2O3. The number of hydrogen-bond donors (Lipinski definition) is 0. The first kappa shape index (κ1) is 19.1. The second-order valence-corrected chi connectivity index (χ2v) is 7.59. The van der Waals surface area contributed by atoms with Crippen LogP contribution in [0, 0.1) is 0 Å². The number of nitrogens with zero attached hydrogens (tertiary/aromatic N) is 2. The minimum absolute atomic E-state index is 0.311. The van der Waals surface area contributed by atoms with Crippen LogP contribution in [-0.2, 0) is 16.0 Å². The van der Waals surface area contributed by atoms with Crippen molar-refractivity contribution >= 4 is 28.8 Å². The van der Waals surface area contributed by atoms with E-state index in [4.69, 9.17) is 4.74 Å². The van der Waals surface area contributed by atoms with Crippen molar-refractivity contribution < 1.29 is 14.3 Å². The Morgan fingerprint density at radius 1 is 0.806 bits per heavy atom. The summed E-state index contributed by atoms with van der Waals surface area (Å²) in [6, 6.07) is 24.5. The highest BCUT2D eigenvalue weighted by atomic mass is 16.5. The summed E-state index contributed by atoms with van der Waals surface area (Å²) in [5.74, 6) is -0.0797. The second-order valence-electron chi connectivity index (χ2n) is 7.59. The zero-order chi connectivity index (χ0) is 21.4. The summed E-state index contributed by atoms with van der Waals surface area (Å²) < 4.78 is 5.55. The monoisotopic (exact) mass is 410 g/mol. The minimum atomic E-state index is -0.334. The van der Waals surface area contributed by atoms with Crippen molar-refractivity contribution in [3.8, 4) is 5.75 Å². The quantitative estimate of drug-likeness (QED) is 0.597. The van der Waals surface area contributed by atoms with Crippen molar-refractivity contribution in [2.45, 2.75) is 12.8 Å². The van der Waals surface area contributed by atoms with Gasteiger partial charge in [0.2, 0.25) is 0 Å². The van der Waals surface area contributed by atoms with E-state index in [9.17, 15) is 9.59 Å². The third-order valence-electron chi connectivity index (χ3n) is 5.83. The van der Waals surface area contributed by atoms with Crippen LogP contribution in [0.25, 0.3) is 5.57 Å². The Kier molecular flexibility index (Phi) is 4.79. The lowest BCUT2D eigenvalue weighted by molar-refractivity contribution is -0.120. The first-order valence-electron chi connectivity index (χ1n) is 10.4. The average Bonchev–Trinajstić information content (AvgIpc) is 3.08. The Hall–Kier alpha value is -3.86. The molecule has 0 saturated heterocycles. The lowest BCUT2D eigenvalue weighted by atomic mass is 9.98. The molecule has 0 aromatic heterocycles. The number of imide groups is 1. The predicted octanol–water partition coefficient (Wildman–Crippen LogP) is 4.43. The lowest BCUT2D eigenvalue weighted by Gasteiger charge is -2.32. The summed E-state index contributed by atoms with van der Waals surface area (Å²) in [6.07, 6.45) is 1.86. The largest absolute Gasteiger partial charge is 0.496 e. The summed E-state index contributed by atoms with van der Waals surface area (Å²) in [7, 11) is 1.57. The number of carbonyl (C=O) groups is 2. The second kappa shape index (κ2) is 7.76.